The van der Waals surface area contributed by atoms with Gasteiger partial charge in [-0.2, -0.15) is 0 Å². The fourth-order valence-electron chi connectivity index (χ4n) is 1.08. The monoisotopic (exact) mass is 285 g/mol. The van der Waals surface area contributed by atoms with Crippen LogP contribution >= 0.6 is 23.5 Å². The fraction of sp³-hybridized carbons (Fsp3) is 0. The molecular weight excluding hydrogens is 281 g/mol. The predicted octanol–water partition coefficient (Wildman–Crippen LogP) is -0.954. The van der Waals surface area contributed by atoms with E-state index < -0.39 is 10.0 Å². The number of nitrogens with zero attached hydrogens (tertiary/aromatic N) is 2. The summed E-state index contributed by atoms with van der Waals surface area (Å²) in [7, 11) is -3.81. The van der Waals surface area contributed by atoms with E-state index in [9.17, 15) is 8.42 Å². The molecule has 1 aliphatic heterocycles. The first-order valence-corrected chi connectivity index (χ1v) is 6.44. The largest absolute Gasteiger partial charge is 1.00 e. The Bertz CT molecular complexity index is 547. The van der Waals surface area contributed by atoms with Gasteiger partial charge in [-0.15, -0.1) is 11.9 Å². The van der Waals surface area contributed by atoms with Crippen molar-refractivity contribution in [2.24, 2.45) is 10.1 Å². The van der Waals surface area contributed by atoms with E-state index in [4.69, 9.17) is 16.7 Å². The molecule has 1 heterocycles. The number of aliphatic imine (C=N–C) groups is 1. The minimum Gasteiger partial charge on any atom is -0.442 e. The van der Waals surface area contributed by atoms with Crippen LogP contribution in [0.2, 0.25) is 5.02 Å². The van der Waals surface area contributed by atoms with Crippen molar-refractivity contribution in [2.45, 2.75) is 9.79 Å². The molecule has 16 heavy (non-hydrogen) atoms. The van der Waals surface area contributed by atoms with E-state index in [0.717, 1.165) is 11.9 Å². The number of sulfonamides is 1. The van der Waals surface area contributed by atoms with Crippen LogP contribution in [0.5, 0.6) is 0 Å². The molecule has 0 bridgehead atoms. The maximum absolute atomic E-state index is 11.2. The number of hydrogen-bond acceptors (Lipinski definition) is 4. The van der Waals surface area contributed by atoms with Gasteiger partial charge in [0.2, 0.25) is 10.0 Å². The first kappa shape index (κ1) is 14.3. The van der Waals surface area contributed by atoms with Gasteiger partial charge in [0.15, 0.2) is 0 Å². The van der Waals surface area contributed by atoms with Crippen LogP contribution in [0, 0.1) is 0 Å². The van der Waals surface area contributed by atoms with Crippen LogP contribution in [0.25, 0.3) is 4.72 Å². The van der Waals surface area contributed by atoms with E-state index in [-0.39, 0.29) is 39.5 Å². The van der Waals surface area contributed by atoms with E-state index in [1.54, 1.807) is 0 Å². The molecule has 0 unspecified atom stereocenters. The number of fused-ring (bicyclic) bond motifs is 1. The summed E-state index contributed by atoms with van der Waals surface area (Å²) in [4.78, 5) is 4.45. The van der Waals surface area contributed by atoms with Crippen molar-refractivity contribution < 1.29 is 38.0 Å². The summed E-state index contributed by atoms with van der Waals surface area (Å²) in [5.74, 6) is 0. The van der Waals surface area contributed by atoms with Crippen LogP contribution in [0.3, 0.4) is 0 Å². The first-order chi connectivity index (χ1) is 6.98. The molecule has 9 heteroatoms. The predicted molar refractivity (Wildman–Crippen MR) is 60.2 cm³/mol. The van der Waals surface area contributed by atoms with Crippen molar-refractivity contribution in [3.8, 4) is 0 Å². The Morgan fingerprint density at radius 2 is 2.12 bits per heavy atom. The van der Waals surface area contributed by atoms with Crippen molar-refractivity contribution in [3.63, 3.8) is 0 Å². The summed E-state index contributed by atoms with van der Waals surface area (Å²) >= 11 is 6.90. The van der Waals surface area contributed by atoms with Crippen molar-refractivity contribution in [3.05, 3.63) is 21.9 Å². The molecule has 2 N–H and O–H groups in total. The van der Waals surface area contributed by atoms with Gasteiger partial charge < -0.3 is 9.71 Å². The van der Waals surface area contributed by atoms with E-state index in [0.29, 0.717) is 10.6 Å². The van der Waals surface area contributed by atoms with Crippen LogP contribution in [-0.4, -0.2) is 14.8 Å². The SMILES string of the molecule is NS(=O)(=O)c1cc2c(cc1Cl)N=C[N-]S2.[Na+]. The van der Waals surface area contributed by atoms with E-state index in [2.05, 4.69) is 9.71 Å². The van der Waals surface area contributed by atoms with Gasteiger partial charge in [0.1, 0.15) is 4.90 Å². The number of hydrogen-bond donors (Lipinski definition) is 1. The number of halogens is 1. The zero-order valence-corrected chi connectivity index (χ0v) is 12.6. The summed E-state index contributed by atoms with van der Waals surface area (Å²) in [6.45, 7) is 0. The van der Waals surface area contributed by atoms with Crippen LogP contribution in [0.15, 0.2) is 26.9 Å². The van der Waals surface area contributed by atoms with Crippen molar-refractivity contribution >= 4 is 45.6 Å². The molecule has 0 fully saturated rings. The van der Waals surface area contributed by atoms with Gasteiger partial charge >= 0.3 is 29.6 Å². The van der Waals surface area contributed by atoms with Crippen LogP contribution in [0.4, 0.5) is 5.69 Å². The third kappa shape index (κ3) is 2.92. The van der Waals surface area contributed by atoms with Gasteiger partial charge in [-0.3, -0.25) is 0 Å². The zero-order chi connectivity index (χ0) is 11.1. The number of rotatable bonds is 1. The van der Waals surface area contributed by atoms with E-state index in [1.807, 2.05) is 0 Å². The van der Waals surface area contributed by atoms with Crippen LogP contribution < -0.4 is 34.7 Å². The molecule has 0 amide bonds. The average Bonchev–Trinajstić information content (AvgIpc) is 2.15. The molecular formula is C7H5ClN3NaO2S2. The van der Waals surface area contributed by atoms with Gasteiger partial charge in [0.25, 0.3) is 0 Å². The van der Waals surface area contributed by atoms with Gasteiger partial charge in [-0.05, 0) is 17.8 Å². The molecule has 1 aromatic rings. The molecule has 0 aliphatic carbocycles. The summed E-state index contributed by atoms with van der Waals surface area (Å²) in [5.41, 5.74) is 0.590. The molecule has 0 atom stereocenters. The third-order valence-corrected chi connectivity index (χ3v) is 3.81. The number of primary sulfonamides is 1. The maximum atomic E-state index is 11.2. The Morgan fingerprint density at radius 1 is 1.44 bits per heavy atom. The van der Waals surface area contributed by atoms with Gasteiger partial charge in [0, 0.05) is 4.90 Å². The van der Waals surface area contributed by atoms with Gasteiger partial charge in [-0.25, -0.2) is 13.6 Å². The molecule has 0 saturated carbocycles. The molecule has 0 saturated heterocycles. The van der Waals surface area contributed by atoms with Crippen LogP contribution in [-0.2, 0) is 10.0 Å². The van der Waals surface area contributed by atoms with Gasteiger partial charge in [0.05, 0.1) is 5.02 Å². The second kappa shape index (κ2) is 5.26. The second-order valence-corrected chi connectivity index (χ2v) is 5.51. The topological polar surface area (TPSA) is 86.6 Å². The molecule has 80 valence electrons. The van der Waals surface area contributed by atoms with E-state index >= 15 is 0 Å². The molecule has 1 aromatic carbocycles. The number of benzene rings is 1. The Balaban J connectivity index is 0.00000128. The van der Waals surface area contributed by atoms with Crippen molar-refractivity contribution in [2.75, 3.05) is 0 Å². The third-order valence-electron chi connectivity index (χ3n) is 1.72. The van der Waals surface area contributed by atoms with Gasteiger partial charge in [-0.1, -0.05) is 17.9 Å². The normalized spacial score (nSPS) is 13.6. The summed E-state index contributed by atoms with van der Waals surface area (Å²) in [5, 5.41) is 5.07. The molecule has 0 spiro atoms. The maximum Gasteiger partial charge on any atom is 1.00 e. The summed E-state index contributed by atoms with van der Waals surface area (Å²) < 4.78 is 26.1. The molecule has 0 aromatic heterocycles. The average molecular weight is 286 g/mol. The first-order valence-electron chi connectivity index (χ1n) is 3.74. The quantitative estimate of drug-likeness (QED) is 0.533. The smallest absolute Gasteiger partial charge is 0.442 e. The molecule has 2 rings (SSSR count). The Kier molecular flexibility index (Phi) is 4.70. The minimum absolute atomic E-state index is 0. The minimum atomic E-state index is -3.81. The fourth-order valence-corrected chi connectivity index (χ4v) is 2.83. The standard InChI is InChI=1S/C7H5ClN3O2S2.Na/c8-4-1-5-6(14-11-3-10-5)2-7(4)15(9,12)13;/h1-3H,(H2-,9,10,11,12,13);/q-1;+1. The number of nitrogens with two attached hydrogens (primary N) is 1. The second-order valence-electron chi connectivity index (χ2n) is 2.74. The Hall–Kier alpha value is 0.240. The molecule has 1 aliphatic rings. The summed E-state index contributed by atoms with van der Waals surface area (Å²) in [6, 6.07) is 2.83. The molecule has 5 nitrogen and oxygen atoms in total. The Labute approximate surface area is 124 Å². The van der Waals surface area contributed by atoms with Crippen molar-refractivity contribution in [1.82, 2.24) is 0 Å². The van der Waals surface area contributed by atoms with Crippen LogP contribution in [0.1, 0.15) is 0 Å². The van der Waals surface area contributed by atoms with E-state index in [1.165, 1.54) is 18.5 Å². The zero-order valence-electron chi connectivity index (χ0n) is 8.21. The van der Waals surface area contributed by atoms with Crippen molar-refractivity contribution in [1.29, 1.82) is 0 Å². The Morgan fingerprint density at radius 3 is 2.75 bits per heavy atom. The molecule has 0 radical (unpaired) electrons. The summed E-state index contributed by atoms with van der Waals surface area (Å²) in [6.07, 6.45) is 1.37.